The summed E-state index contributed by atoms with van der Waals surface area (Å²) in [6.45, 7) is 0. The van der Waals surface area contributed by atoms with Gasteiger partial charge in [0.1, 0.15) is 6.10 Å². The summed E-state index contributed by atoms with van der Waals surface area (Å²) < 4.78 is 1.02. The van der Waals surface area contributed by atoms with E-state index in [9.17, 15) is 5.11 Å². The van der Waals surface area contributed by atoms with Gasteiger partial charge in [-0.1, -0.05) is 70.5 Å². The van der Waals surface area contributed by atoms with Gasteiger partial charge in [-0.3, -0.25) is 0 Å². The summed E-state index contributed by atoms with van der Waals surface area (Å²) in [4.78, 5) is 0. The van der Waals surface area contributed by atoms with Crippen molar-refractivity contribution in [2.45, 2.75) is 6.10 Å². The molecule has 0 saturated carbocycles. The molecule has 0 spiro atoms. The molecule has 0 aliphatic heterocycles. The number of fused-ring (bicyclic) bond motifs is 1. The minimum absolute atomic E-state index is 0.598. The molecular weight excluding hydrogens is 300 g/mol. The van der Waals surface area contributed by atoms with E-state index in [4.69, 9.17) is 0 Å². The smallest absolute Gasteiger partial charge is 0.105 e. The summed E-state index contributed by atoms with van der Waals surface area (Å²) in [6, 6.07) is 21.9. The number of aliphatic hydroxyl groups is 1. The lowest BCUT2D eigenvalue weighted by molar-refractivity contribution is 0.222. The summed E-state index contributed by atoms with van der Waals surface area (Å²) in [5.74, 6) is 0. The molecule has 3 rings (SSSR count). The molecule has 0 radical (unpaired) electrons. The molecule has 0 saturated heterocycles. The summed E-state index contributed by atoms with van der Waals surface area (Å²) in [6.07, 6.45) is -0.598. The Morgan fingerprint density at radius 1 is 0.789 bits per heavy atom. The van der Waals surface area contributed by atoms with Crippen molar-refractivity contribution in [2.75, 3.05) is 0 Å². The number of hydrogen-bond donors (Lipinski definition) is 1. The van der Waals surface area contributed by atoms with E-state index in [1.54, 1.807) is 0 Å². The third-order valence-electron chi connectivity index (χ3n) is 3.30. The monoisotopic (exact) mass is 312 g/mol. The van der Waals surface area contributed by atoms with Gasteiger partial charge in [-0.05, 0) is 34.0 Å². The molecule has 0 amide bonds. The summed E-state index contributed by atoms with van der Waals surface area (Å²) in [5, 5.41) is 12.8. The first-order chi connectivity index (χ1) is 9.25. The Morgan fingerprint density at radius 2 is 1.47 bits per heavy atom. The quantitative estimate of drug-likeness (QED) is 0.728. The minimum Gasteiger partial charge on any atom is -0.384 e. The van der Waals surface area contributed by atoms with Crippen LogP contribution in [0.4, 0.5) is 0 Å². The Bertz CT molecular complexity index is 699. The normalized spacial score (nSPS) is 12.5. The van der Waals surface area contributed by atoms with Crippen LogP contribution >= 0.6 is 15.9 Å². The predicted molar refractivity (Wildman–Crippen MR) is 82.2 cm³/mol. The Hall–Kier alpha value is -1.64. The number of hydrogen-bond acceptors (Lipinski definition) is 1. The first-order valence-corrected chi connectivity index (χ1v) is 6.96. The zero-order valence-electron chi connectivity index (χ0n) is 10.3. The molecule has 0 aliphatic carbocycles. The highest BCUT2D eigenvalue weighted by molar-refractivity contribution is 9.10. The molecule has 2 heteroatoms. The predicted octanol–water partition coefficient (Wildman–Crippen LogP) is 4.68. The van der Waals surface area contributed by atoms with Gasteiger partial charge >= 0.3 is 0 Å². The Balaban J connectivity index is 2.11. The van der Waals surface area contributed by atoms with Crippen LogP contribution in [-0.4, -0.2) is 5.11 Å². The van der Waals surface area contributed by atoms with Crippen LogP contribution < -0.4 is 0 Å². The zero-order chi connectivity index (χ0) is 13.2. The van der Waals surface area contributed by atoms with E-state index < -0.39 is 6.10 Å². The fourth-order valence-corrected chi connectivity index (χ4v) is 2.58. The SMILES string of the molecule is O[C@H](c1ccc(Br)cc1)c1cccc2ccccc12. The van der Waals surface area contributed by atoms with Gasteiger partial charge in [0.25, 0.3) is 0 Å². The number of rotatable bonds is 2. The molecule has 0 fully saturated rings. The third kappa shape index (κ3) is 2.42. The van der Waals surface area contributed by atoms with Crippen molar-refractivity contribution >= 4 is 26.7 Å². The first-order valence-electron chi connectivity index (χ1n) is 6.17. The molecule has 0 bridgehead atoms. The fraction of sp³-hybridized carbons (Fsp3) is 0.0588. The van der Waals surface area contributed by atoms with E-state index in [2.05, 4.69) is 28.1 Å². The standard InChI is InChI=1S/C17H13BrO/c18-14-10-8-13(9-11-14)17(19)16-7-3-5-12-4-1-2-6-15(12)16/h1-11,17,19H/t17-/m1/s1. The van der Waals surface area contributed by atoms with Crippen LogP contribution in [0, 0.1) is 0 Å². The minimum atomic E-state index is -0.598. The first kappa shape index (κ1) is 12.4. The van der Waals surface area contributed by atoms with Gasteiger partial charge in [0.05, 0.1) is 0 Å². The molecular formula is C17H13BrO. The van der Waals surface area contributed by atoms with Crippen molar-refractivity contribution in [3.8, 4) is 0 Å². The Labute approximate surface area is 120 Å². The van der Waals surface area contributed by atoms with Crippen molar-refractivity contribution in [1.29, 1.82) is 0 Å². The maximum Gasteiger partial charge on any atom is 0.105 e. The highest BCUT2D eigenvalue weighted by atomic mass is 79.9. The van der Waals surface area contributed by atoms with Crippen molar-refractivity contribution in [3.05, 3.63) is 82.3 Å². The van der Waals surface area contributed by atoms with Gasteiger partial charge in [-0.2, -0.15) is 0 Å². The molecule has 0 aromatic heterocycles. The number of halogens is 1. The van der Waals surface area contributed by atoms with E-state index in [1.807, 2.05) is 54.6 Å². The Morgan fingerprint density at radius 3 is 2.26 bits per heavy atom. The number of benzene rings is 3. The second-order valence-corrected chi connectivity index (χ2v) is 5.44. The fourth-order valence-electron chi connectivity index (χ4n) is 2.31. The lowest BCUT2D eigenvalue weighted by Crippen LogP contribution is -2.00. The van der Waals surface area contributed by atoms with Gasteiger partial charge in [0.2, 0.25) is 0 Å². The average molecular weight is 313 g/mol. The topological polar surface area (TPSA) is 20.2 Å². The lowest BCUT2D eigenvalue weighted by atomic mass is 9.96. The maximum absolute atomic E-state index is 10.6. The second-order valence-electron chi connectivity index (χ2n) is 4.52. The van der Waals surface area contributed by atoms with E-state index in [1.165, 1.54) is 0 Å². The van der Waals surface area contributed by atoms with Crippen LogP contribution in [0.3, 0.4) is 0 Å². The van der Waals surface area contributed by atoms with Crippen molar-refractivity contribution in [3.63, 3.8) is 0 Å². The van der Waals surface area contributed by atoms with E-state index in [0.29, 0.717) is 0 Å². The van der Waals surface area contributed by atoms with Gasteiger partial charge in [0.15, 0.2) is 0 Å². The number of aliphatic hydroxyl groups excluding tert-OH is 1. The molecule has 1 N–H and O–H groups in total. The largest absolute Gasteiger partial charge is 0.384 e. The van der Waals surface area contributed by atoms with Gasteiger partial charge in [0, 0.05) is 4.47 Å². The highest BCUT2D eigenvalue weighted by Crippen LogP contribution is 2.29. The molecule has 0 aliphatic rings. The van der Waals surface area contributed by atoms with E-state index >= 15 is 0 Å². The molecule has 94 valence electrons. The third-order valence-corrected chi connectivity index (χ3v) is 3.83. The summed E-state index contributed by atoms with van der Waals surface area (Å²) in [5.41, 5.74) is 1.85. The second kappa shape index (κ2) is 5.16. The average Bonchev–Trinajstić information content (AvgIpc) is 2.47. The highest BCUT2D eigenvalue weighted by Gasteiger charge is 2.12. The lowest BCUT2D eigenvalue weighted by Gasteiger charge is -2.14. The molecule has 0 unspecified atom stereocenters. The Kier molecular flexibility index (Phi) is 3.36. The van der Waals surface area contributed by atoms with Crippen molar-refractivity contribution < 1.29 is 5.11 Å². The van der Waals surface area contributed by atoms with Crippen molar-refractivity contribution in [2.24, 2.45) is 0 Å². The van der Waals surface area contributed by atoms with Crippen LogP contribution in [0.15, 0.2) is 71.2 Å². The van der Waals surface area contributed by atoms with Crippen LogP contribution in [0.1, 0.15) is 17.2 Å². The van der Waals surface area contributed by atoms with Crippen LogP contribution in [-0.2, 0) is 0 Å². The van der Waals surface area contributed by atoms with Gasteiger partial charge < -0.3 is 5.11 Å². The van der Waals surface area contributed by atoms with Crippen LogP contribution in [0.5, 0.6) is 0 Å². The van der Waals surface area contributed by atoms with Gasteiger partial charge in [-0.15, -0.1) is 0 Å². The molecule has 1 nitrogen and oxygen atoms in total. The molecule has 1 atom stereocenters. The molecule has 0 heterocycles. The molecule has 3 aromatic carbocycles. The van der Waals surface area contributed by atoms with Crippen LogP contribution in [0.25, 0.3) is 10.8 Å². The summed E-state index contributed by atoms with van der Waals surface area (Å²) in [7, 11) is 0. The van der Waals surface area contributed by atoms with E-state index in [-0.39, 0.29) is 0 Å². The zero-order valence-corrected chi connectivity index (χ0v) is 11.8. The molecule has 3 aromatic rings. The maximum atomic E-state index is 10.6. The molecule has 19 heavy (non-hydrogen) atoms. The van der Waals surface area contributed by atoms with Gasteiger partial charge in [-0.25, -0.2) is 0 Å². The van der Waals surface area contributed by atoms with Crippen LogP contribution in [0.2, 0.25) is 0 Å². The van der Waals surface area contributed by atoms with E-state index in [0.717, 1.165) is 26.4 Å². The summed E-state index contributed by atoms with van der Waals surface area (Å²) >= 11 is 3.41. The van der Waals surface area contributed by atoms with Crippen molar-refractivity contribution in [1.82, 2.24) is 0 Å².